The maximum atomic E-state index is 12.6. The number of carboxylic acids is 3. The number of nitrogens with two attached hydrogens (primary N) is 3. The van der Waals surface area contributed by atoms with Gasteiger partial charge in [0.2, 0.25) is 29.5 Å². The maximum Gasteiger partial charge on any atom is 0.326 e. The van der Waals surface area contributed by atoms with Gasteiger partial charge in [0.1, 0.15) is 18.1 Å². The number of primary amides is 2. The highest BCUT2D eigenvalue weighted by Gasteiger charge is 2.32. The number of carbonyl (C=O) groups is 8. The lowest BCUT2D eigenvalue weighted by Crippen LogP contribution is -2.58. The van der Waals surface area contributed by atoms with Crippen LogP contribution in [0, 0.1) is 0 Å². The summed E-state index contributed by atoms with van der Waals surface area (Å²) >= 11 is 0. The van der Waals surface area contributed by atoms with Crippen LogP contribution in [0.3, 0.4) is 0 Å². The van der Waals surface area contributed by atoms with Crippen LogP contribution in [0.1, 0.15) is 32.1 Å². The number of carboxylic acid groups (broad SMARTS) is 3. The second-order valence-corrected chi connectivity index (χ2v) is 7.00. The molecular weight excluding hydrogens is 464 g/mol. The summed E-state index contributed by atoms with van der Waals surface area (Å²) in [6.45, 7) is 0. The second kappa shape index (κ2) is 14.0. The van der Waals surface area contributed by atoms with E-state index >= 15 is 0 Å². The quantitative estimate of drug-likeness (QED) is 0.0981. The van der Waals surface area contributed by atoms with Crippen molar-refractivity contribution in [2.75, 3.05) is 0 Å². The van der Waals surface area contributed by atoms with Crippen molar-refractivity contribution < 1.29 is 53.7 Å². The van der Waals surface area contributed by atoms with Crippen molar-refractivity contribution in [3.05, 3.63) is 0 Å². The van der Waals surface area contributed by atoms with E-state index in [9.17, 15) is 38.4 Å². The number of hydrogen-bond donors (Lipinski definition) is 9. The molecule has 0 radical (unpaired) electrons. The average molecular weight is 490 g/mol. The molecule has 0 bridgehead atoms. The summed E-state index contributed by atoms with van der Waals surface area (Å²) < 4.78 is 0. The molecular formula is C17H26N6O11. The first-order valence-corrected chi connectivity index (χ1v) is 9.53. The molecule has 4 atom stereocenters. The number of hydrogen-bond acceptors (Lipinski definition) is 9. The standard InChI is InChI=1S/C17H26N6O11/c18-6(3-10(19)24)14(30)21-7(1-2-12(26)27)15(31)22-8(4-11(20)25)16(32)23-9(17(33)34)5-13(28)29/h6-9H,1-5,18H2,(H2,19,24)(H2,20,25)(H,21,30)(H,22,31)(H,23,32)(H,26,27)(H,28,29)(H,33,34). The van der Waals surface area contributed by atoms with Gasteiger partial charge < -0.3 is 48.5 Å². The molecule has 0 aliphatic rings. The van der Waals surface area contributed by atoms with Crippen LogP contribution >= 0.6 is 0 Å². The van der Waals surface area contributed by atoms with Gasteiger partial charge in [-0.05, 0) is 6.42 Å². The highest BCUT2D eigenvalue weighted by molar-refractivity contribution is 5.97. The van der Waals surface area contributed by atoms with Crippen LogP contribution in [-0.4, -0.2) is 86.9 Å². The van der Waals surface area contributed by atoms with Crippen molar-refractivity contribution in [3.63, 3.8) is 0 Å². The topological polar surface area (TPSA) is 311 Å². The summed E-state index contributed by atoms with van der Waals surface area (Å²) in [6, 6.07) is -6.80. The molecule has 0 saturated heterocycles. The third-order valence-corrected chi connectivity index (χ3v) is 4.07. The number of aliphatic carboxylic acids is 3. The normalized spacial score (nSPS) is 13.9. The minimum Gasteiger partial charge on any atom is -0.481 e. The fraction of sp³-hybridized carbons (Fsp3) is 0.529. The maximum absolute atomic E-state index is 12.6. The molecule has 0 aliphatic carbocycles. The first-order chi connectivity index (χ1) is 15.6. The number of carbonyl (C=O) groups excluding carboxylic acids is 5. The van der Waals surface area contributed by atoms with Gasteiger partial charge in [-0.3, -0.25) is 33.6 Å². The molecule has 0 saturated carbocycles. The Morgan fingerprint density at radius 1 is 0.618 bits per heavy atom. The van der Waals surface area contributed by atoms with Crippen LogP contribution in [0.5, 0.6) is 0 Å². The van der Waals surface area contributed by atoms with Crippen molar-refractivity contribution in [1.29, 1.82) is 0 Å². The molecule has 17 nitrogen and oxygen atoms in total. The molecule has 0 aromatic rings. The van der Waals surface area contributed by atoms with Crippen LogP contribution in [0.4, 0.5) is 0 Å². The van der Waals surface area contributed by atoms with E-state index in [1.165, 1.54) is 0 Å². The Labute approximate surface area is 191 Å². The summed E-state index contributed by atoms with van der Waals surface area (Å²) in [5.41, 5.74) is 15.4. The van der Waals surface area contributed by atoms with E-state index < -0.39 is 104 Å². The summed E-state index contributed by atoms with van der Waals surface area (Å²) in [4.78, 5) is 92.2. The molecule has 34 heavy (non-hydrogen) atoms. The smallest absolute Gasteiger partial charge is 0.326 e. The van der Waals surface area contributed by atoms with Gasteiger partial charge in [0.25, 0.3) is 0 Å². The van der Waals surface area contributed by atoms with E-state index in [0.29, 0.717) is 0 Å². The van der Waals surface area contributed by atoms with Gasteiger partial charge in [-0.15, -0.1) is 0 Å². The Morgan fingerprint density at radius 2 is 1.09 bits per heavy atom. The third kappa shape index (κ3) is 11.9. The molecule has 4 unspecified atom stereocenters. The number of rotatable bonds is 16. The largest absolute Gasteiger partial charge is 0.481 e. The summed E-state index contributed by atoms with van der Waals surface area (Å²) in [5.74, 6) is -10.2. The summed E-state index contributed by atoms with van der Waals surface area (Å²) in [6.07, 6.45) is -3.59. The molecule has 17 heteroatoms. The van der Waals surface area contributed by atoms with E-state index in [-0.39, 0.29) is 0 Å². The lowest BCUT2D eigenvalue weighted by Gasteiger charge is -2.24. The SMILES string of the molecule is NC(=O)CC(N)C(=O)NC(CCC(=O)O)C(=O)NC(CC(N)=O)C(=O)NC(CC(=O)O)C(=O)O. The Morgan fingerprint density at radius 3 is 1.53 bits per heavy atom. The van der Waals surface area contributed by atoms with Crippen molar-refractivity contribution in [3.8, 4) is 0 Å². The third-order valence-electron chi connectivity index (χ3n) is 4.07. The van der Waals surface area contributed by atoms with Crippen LogP contribution < -0.4 is 33.2 Å². The first-order valence-electron chi connectivity index (χ1n) is 9.53. The zero-order valence-corrected chi connectivity index (χ0v) is 17.7. The van der Waals surface area contributed by atoms with E-state index in [4.69, 9.17) is 32.5 Å². The molecule has 12 N–H and O–H groups in total. The van der Waals surface area contributed by atoms with Gasteiger partial charge in [-0.1, -0.05) is 0 Å². The minimum atomic E-state index is -1.91. The zero-order chi connectivity index (χ0) is 26.6. The molecule has 0 aromatic carbocycles. The van der Waals surface area contributed by atoms with Crippen molar-refractivity contribution >= 4 is 47.4 Å². The zero-order valence-electron chi connectivity index (χ0n) is 17.7. The van der Waals surface area contributed by atoms with E-state index in [2.05, 4.69) is 5.32 Å². The lowest BCUT2D eigenvalue weighted by atomic mass is 10.1. The van der Waals surface area contributed by atoms with E-state index in [1.807, 2.05) is 10.6 Å². The predicted molar refractivity (Wildman–Crippen MR) is 108 cm³/mol. The molecule has 0 rings (SSSR count). The average Bonchev–Trinajstić information content (AvgIpc) is 2.68. The predicted octanol–water partition coefficient (Wildman–Crippen LogP) is -5.06. The van der Waals surface area contributed by atoms with Gasteiger partial charge >= 0.3 is 17.9 Å². The number of amides is 5. The van der Waals surface area contributed by atoms with E-state index in [1.54, 1.807) is 0 Å². The lowest BCUT2D eigenvalue weighted by molar-refractivity contribution is -0.147. The monoisotopic (exact) mass is 490 g/mol. The Balaban J connectivity index is 5.62. The molecule has 0 spiro atoms. The fourth-order valence-corrected chi connectivity index (χ4v) is 2.45. The Kier molecular flexibility index (Phi) is 12.2. The van der Waals surface area contributed by atoms with Gasteiger partial charge in [-0.2, -0.15) is 0 Å². The molecule has 0 fully saturated rings. The molecule has 5 amide bonds. The highest BCUT2D eigenvalue weighted by atomic mass is 16.4. The number of nitrogens with one attached hydrogen (secondary N) is 3. The van der Waals surface area contributed by atoms with Crippen molar-refractivity contribution in [2.45, 2.75) is 56.3 Å². The van der Waals surface area contributed by atoms with Crippen LogP contribution in [0.25, 0.3) is 0 Å². The van der Waals surface area contributed by atoms with Crippen LogP contribution in [-0.2, 0) is 38.4 Å². The molecule has 0 heterocycles. The van der Waals surface area contributed by atoms with Crippen LogP contribution in [0.2, 0.25) is 0 Å². The van der Waals surface area contributed by atoms with Gasteiger partial charge in [-0.25, -0.2) is 4.79 Å². The minimum absolute atomic E-state index is 0.502. The van der Waals surface area contributed by atoms with E-state index in [0.717, 1.165) is 0 Å². The van der Waals surface area contributed by atoms with Gasteiger partial charge in [0.15, 0.2) is 0 Å². The molecule has 0 aromatic heterocycles. The van der Waals surface area contributed by atoms with Crippen molar-refractivity contribution in [2.24, 2.45) is 17.2 Å². The summed E-state index contributed by atoms with van der Waals surface area (Å²) in [7, 11) is 0. The molecule has 0 aliphatic heterocycles. The first kappa shape index (κ1) is 29.7. The Bertz CT molecular complexity index is 846. The van der Waals surface area contributed by atoms with Crippen molar-refractivity contribution in [1.82, 2.24) is 16.0 Å². The highest BCUT2D eigenvalue weighted by Crippen LogP contribution is 2.03. The van der Waals surface area contributed by atoms with Crippen LogP contribution in [0.15, 0.2) is 0 Å². The Hall–Kier alpha value is -4.28. The van der Waals surface area contributed by atoms with Gasteiger partial charge in [0, 0.05) is 6.42 Å². The summed E-state index contributed by atoms with van der Waals surface area (Å²) in [5, 5.41) is 32.6. The van der Waals surface area contributed by atoms with Gasteiger partial charge in [0.05, 0.1) is 25.3 Å². The fourth-order valence-electron chi connectivity index (χ4n) is 2.45. The second-order valence-electron chi connectivity index (χ2n) is 7.00. The molecule has 190 valence electrons.